The van der Waals surface area contributed by atoms with Crippen LogP contribution in [0.3, 0.4) is 0 Å². The quantitative estimate of drug-likeness (QED) is 0.697. The van der Waals surface area contributed by atoms with Crippen LogP contribution in [-0.2, 0) is 10.0 Å². The second-order valence-electron chi connectivity index (χ2n) is 5.63. The molecule has 0 aliphatic heterocycles. The molecule has 1 aromatic heterocycles. The lowest BCUT2D eigenvalue weighted by Gasteiger charge is -2.14. The highest BCUT2D eigenvalue weighted by molar-refractivity contribution is 9.10. The number of nitrogens with zero attached hydrogens (tertiary/aromatic N) is 1. The van der Waals surface area contributed by atoms with Crippen molar-refractivity contribution in [1.29, 1.82) is 0 Å². The fourth-order valence-electron chi connectivity index (χ4n) is 2.48. The van der Waals surface area contributed by atoms with Crippen LogP contribution in [0.1, 0.15) is 11.1 Å². The van der Waals surface area contributed by atoms with Gasteiger partial charge in [0.25, 0.3) is 10.0 Å². The van der Waals surface area contributed by atoms with E-state index >= 15 is 0 Å². The third-order valence-electron chi connectivity index (χ3n) is 3.76. The number of aryl methyl sites for hydroxylation is 2. The summed E-state index contributed by atoms with van der Waals surface area (Å²) in [5, 5.41) is 0. The van der Waals surface area contributed by atoms with Crippen LogP contribution in [0.25, 0.3) is 11.3 Å². The molecule has 2 aromatic carbocycles. The van der Waals surface area contributed by atoms with Gasteiger partial charge in [-0.3, -0.25) is 4.68 Å². The highest BCUT2D eigenvalue weighted by Crippen LogP contribution is 2.26. The van der Waals surface area contributed by atoms with Crippen molar-refractivity contribution in [2.45, 2.75) is 18.7 Å². The fourth-order valence-corrected chi connectivity index (χ4v) is 3.76. The van der Waals surface area contributed by atoms with Crippen LogP contribution in [0.5, 0.6) is 0 Å². The van der Waals surface area contributed by atoms with Gasteiger partial charge in [-0.15, -0.1) is 0 Å². The van der Waals surface area contributed by atoms with Crippen LogP contribution < -0.4 is 4.83 Å². The van der Waals surface area contributed by atoms with Crippen molar-refractivity contribution < 1.29 is 8.42 Å². The molecule has 0 atom stereocenters. The summed E-state index contributed by atoms with van der Waals surface area (Å²) in [6.07, 6.45) is 1.72. The first-order valence-electron chi connectivity index (χ1n) is 7.40. The van der Waals surface area contributed by atoms with E-state index in [-0.39, 0.29) is 4.90 Å². The monoisotopic (exact) mass is 404 g/mol. The number of halogens is 1. The summed E-state index contributed by atoms with van der Waals surface area (Å²) in [6, 6.07) is 16.4. The van der Waals surface area contributed by atoms with Crippen molar-refractivity contribution in [1.82, 2.24) is 4.68 Å². The van der Waals surface area contributed by atoms with Crippen LogP contribution in [0.15, 0.2) is 70.2 Å². The number of aromatic nitrogens is 1. The molecule has 3 rings (SSSR count). The Bertz CT molecular complexity index is 959. The Hall–Kier alpha value is -2.05. The molecule has 0 saturated carbocycles. The topological polar surface area (TPSA) is 51.1 Å². The van der Waals surface area contributed by atoms with E-state index in [1.807, 2.05) is 44.2 Å². The van der Waals surface area contributed by atoms with Crippen LogP contribution >= 0.6 is 15.9 Å². The Morgan fingerprint density at radius 1 is 0.917 bits per heavy atom. The van der Waals surface area contributed by atoms with Crippen LogP contribution in [0, 0.1) is 13.8 Å². The Morgan fingerprint density at radius 3 is 2.17 bits per heavy atom. The average Bonchev–Trinajstić information content (AvgIpc) is 2.89. The molecule has 0 radical (unpaired) electrons. The van der Waals surface area contributed by atoms with Gasteiger partial charge < -0.3 is 0 Å². The van der Waals surface area contributed by atoms with Gasteiger partial charge in [0.1, 0.15) is 0 Å². The first kappa shape index (κ1) is 16.8. The number of sulfonamides is 1. The Balaban J connectivity index is 1.99. The number of benzene rings is 2. The zero-order chi connectivity index (χ0) is 17.3. The fraction of sp³-hybridized carbons (Fsp3) is 0.111. The summed E-state index contributed by atoms with van der Waals surface area (Å²) in [5.74, 6) is 0. The predicted molar refractivity (Wildman–Crippen MR) is 100 cm³/mol. The Morgan fingerprint density at radius 2 is 1.54 bits per heavy atom. The maximum atomic E-state index is 12.6. The number of rotatable bonds is 4. The minimum atomic E-state index is -3.65. The Kier molecular flexibility index (Phi) is 4.51. The van der Waals surface area contributed by atoms with E-state index in [4.69, 9.17) is 0 Å². The van der Waals surface area contributed by atoms with E-state index in [1.54, 1.807) is 35.1 Å². The number of hydrogen-bond acceptors (Lipinski definition) is 2. The van der Waals surface area contributed by atoms with E-state index in [2.05, 4.69) is 20.8 Å². The van der Waals surface area contributed by atoms with Crippen molar-refractivity contribution in [2.24, 2.45) is 0 Å². The molecule has 1 heterocycles. The lowest BCUT2D eigenvalue weighted by molar-refractivity contribution is 0.595. The zero-order valence-corrected chi connectivity index (χ0v) is 15.7. The van der Waals surface area contributed by atoms with E-state index < -0.39 is 10.0 Å². The van der Waals surface area contributed by atoms with Gasteiger partial charge in [0.05, 0.1) is 10.6 Å². The van der Waals surface area contributed by atoms with Gasteiger partial charge in [0, 0.05) is 16.2 Å². The molecular weight excluding hydrogens is 388 g/mol. The van der Waals surface area contributed by atoms with Gasteiger partial charge in [-0.25, -0.2) is 4.83 Å². The molecule has 0 bridgehead atoms. The van der Waals surface area contributed by atoms with Crippen molar-refractivity contribution in [3.05, 3.63) is 76.4 Å². The minimum absolute atomic E-state index is 0.237. The molecule has 0 aliphatic carbocycles. The second kappa shape index (κ2) is 6.45. The summed E-state index contributed by atoms with van der Waals surface area (Å²) in [4.78, 5) is 2.87. The molecule has 6 heteroatoms. The van der Waals surface area contributed by atoms with Crippen LogP contribution in [-0.4, -0.2) is 13.1 Å². The molecule has 0 aliphatic rings. The van der Waals surface area contributed by atoms with Gasteiger partial charge in [-0.2, -0.15) is 8.42 Å². The summed E-state index contributed by atoms with van der Waals surface area (Å²) >= 11 is 3.41. The molecule has 0 saturated heterocycles. The summed E-state index contributed by atoms with van der Waals surface area (Å²) in [6.45, 7) is 3.87. The summed E-state index contributed by atoms with van der Waals surface area (Å²) < 4.78 is 27.8. The van der Waals surface area contributed by atoms with Gasteiger partial charge in [-0.05, 0) is 49.7 Å². The molecule has 0 fully saturated rings. The molecule has 1 N–H and O–H groups in total. The standard InChI is InChI=1S/C18H17BrN2O2S/c1-13-3-9-17(10-4-13)24(22,23)20-21-12-11-14(2)18(21)15-5-7-16(19)8-6-15/h3-12,20H,1-2H3. The van der Waals surface area contributed by atoms with E-state index in [0.29, 0.717) is 0 Å². The molecule has 124 valence electrons. The van der Waals surface area contributed by atoms with Gasteiger partial charge in [0.2, 0.25) is 0 Å². The third-order valence-corrected chi connectivity index (χ3v) is 5.61. The molecule has 0 amide bonds. The van der Waals surface area contributed by atoms with Crippen molar-refractivity contribution >= 4 is 26.0 Å². The first-order valence-corrected chi connectivity index (χ1v) is 9.68. The van der Waals surface area contributed by atoms with Crippen LogP contribution in [0.2, 0.25) is 0 Å². The van der Waals surface area contributed by atoms with E-state index in [9.17, 15) is 8.42 Å². The Labute approximate surface area is 150 Å². The maximum absolute atomic E-state index is 12.6. The predicted octanol–water partition coefficient (Wildman–Crippen LogP) is 4.47. The SMILES string of the molecule is Cc1ccc(S(=O)(=O)Nn2ccc(C)c2-c2ccc(Br)cc2)cc1. The lowest BCUT2D eigenvalue weighted by atomic mass is 10.1. The number of nitrogens with one attached hydrogen (secondary N) is 1. The number of hydrogen-bond donors (Lipinski definition) is 1. The second-order valence-corrected chi connectivity index (χ2v) is 8.21. The molecule has 24 heavy (non-hydrogen) atoms. The molecule has 4 nitrogen and oxygen atoms in total. The largest absolute Gasteiger partial charge is 0.275 e. The summed E-state index contributed by atoms with van der Waals surface area (Å²) in [5.41, 5.74) is 3.76. The zero-order valence-electron chi connectivity index (χ0n) is 13.3. The van der Waals surface area contributed by atoms with Crippen molar-refractivity contribution in [3.63, 3.8) is 0 Å². The van der Waals surface area contributed by atoms with Crippen LogP contribution in [0.4, 0.5) is 0 Å². The van der Waals surface area contributed by atoms with Gasteiger partial charge in [-0.1, -0.05) is 45.8 Å². The maximum Gasteiger partial charge on any atom is 0.275 e. The van der Waals surface area contributed by atoms with E-state index in [1.165, 1.54) is 0 Å². The van der Waals surface area contributed by atoms with Crippen molar-refractivity contribution in [3.8, 4) is 11.3 Å². The van der Waals surface area contributed by atoms with E-state index in [0.717, 1.165) is 26.9 Å². The molecule has 3 aromatic rings. The van der Waals surface area contributed by atoms with Crippen molar-refractivity contribution in [2.75, 3.05) is 4.83 Å². The average molecular weight is 405 g/mol. The van der Waals surface area contributed by atoms with Gasteiger partial charge >= 0.3 is 0 Å². The third kappa shape index (κ3) is 3.39. The smallest absolute Gasteiger partial charge is 0.253 e. The molecular formula is C18H17BrN2O2S. The highest BCUT2D eigenvalue weighted by Gasteiger charge is 2.17. The first-order chi connectivity index (χ1) is 11.4. The normalized spacial score (nSPS) is 11.5. The minimum Gasteiger partial charge on any atom is -0.253 e. The van der Waals surface area contributed by atoms with Gasteiger partial charge in [0.15, 0.2) is 0 Å². The lowest BCUT2D eigenvalue weighted by Crippen LogP contribution is -2.23. The molecule has 0 unspecified atom stereocenters. The highest BCUT2D eigenvalue weighted by atomic mass is 79.9. The molecule has 0 spiro atoms. The summed E-state index contributed by atoms with van der Waals surface area (Å²) in [7, 11) is -3.65.